The van der Waals surface area contributed by atoms with Gasteiger partial charge in [-0.3, -0.25) is 4.79 Å². The van der Waals surface area contributed by atoms with Crippen LogP contribution in [0.5, 0.6) is 0 Å². The summed E-state index contributed by atoms with van der Waals surface area (Å²) in [4.78, 5) is 18.5. The summed E-state index contributed by atoms with van der Waals surface area (Å²) in [6.07, 6.45) is 3.37. The Morgan fingerprint density at radius 2 is 2.25 bits per heavy atom. The normalized spacial score (nSPS) is 18.9. The average molecular weight is 272 g/mol. The maximum Gasteiger partial charge on any atom is 0.224 e. The van der Waals surface area contributed by atoms with Gasteiger partial charge in [0.15, 0.2) is 0 Å². The lowest BCUT2D eigenvalue weighted by atomic mass is 10.1. The molecule has 2 heterocycles. The number of carbonyl (C=O) groups excluding carboxylic acids is 1. The molecule has 1 aliphatic heterocycles. The zero-order valence-corrected chi connectivity index (χ0v) is 11.5. The molecule has 0 bridgehead atoms. The number of nitrogens with zero attached hydrogens (tertiary/aromatic N) is 3. The number of imidazole rings is 1. The highest BCUT2D eigenvalue weighted by Crippen LogP contribution is 2.17. The highest BCUT2D eigenvalue weighted by molar-refractivity contribution is 5.77. The van der Waals surface area contributed by atoms with Gasteiger partial charge in [-0.05, 0) is 31.0 Å². The van der Waals surface area contributed by atoms with Crippen LogP contribution in [0.15, 0.2) is 30.6 Å². The number of rotatable bonds is 4. The van der Waals surface area contributed by atoms with Gasteiger partial charge in [-0.2, -0.15) is 0 Å². The lowest BCUT2D eigenvalue weighted by Gasteiger charge is -2.16. The predicted molar refractivity (Wildman–Crippen MR) is 78.1 cm³/mol. The van der Waals surface area contributed by atoms with Crippen molar-refractivity contribution in [3.05, 3.63) is 30.6 Å². The minimum absolute atomic E-state index is 0.221. The molecule has 5 heteroatoms. The van der Waals surface area contributed by atoms with Crippen molar-refractivity contribution in [2.45, 2.75) is 19.4 Å². The first-order valence-corrected chi connectivity index (χ1v) is 7.15. The van der Waals surface area contributed by atoms with Crippen LogP contribution in [-0.4, -0.2) is 40.0 Å². The quantitative estimate of drug-likeness (QED) is 0.910. The molecule has 2 aromatic rings. The van der Waals surface area contributed by atoms with Crippen LogP contribution in [0, 0.1) is 5.92 Å². The zero-order chi connectivity index (χ0) is 13.9. The molecule has 3 rings (SSSR count). The maximum absolute atomic E-state index is 12.2. The van der Waals surface area contributed by atoms with Crippen molar-refractivity contribution >= 4 is 16.9 Å². The third kappa shape index (κ3) is 2.54. The smallest absolute Gasteiger partial charge is 0.224 e. The Morgan fingerprint density at radius 3 is 3.05 bits per heavy atom. The van der Waals surface area contributed by atoms with Gasteiger partial charge in [-0.1, -0.05) is 12.1 Å². The summed E-state index contributed by atoms with van der Waals surface area (Å²) in [5, 5.41) is 0. The molecule has 1 aromatic heterocycles. The Morgan fingerprint density at radius 1 is 1.40 bits per heavy atom. The third-order valence-corrected chi connectivity index (χ3v) is 4.07. The Bertz CT molecular complexity index is 607. The number of hydrogen-bond acceptors (Lipinski definition) is 3. The van der Waals surface area contributed by atoms with Gasteiger partial charge in [0, 0.05) is 26.1 Å². The second-order valence-electron chi connectivity index (χ2n) is 5.41. The molecule has 106 valence electrons. The van der Waals surface area contributed by atoms with E-state index in [4.69, 9.17) is 5.73 Å². The van der Waals surface area contributed by atoms with Crippen molar-refractivity contribution in [2.24, 2.45) is 11.7 Å². The van der Waals surface area contributed by atoms with E-state index in [2.05, 4.69) is 4.98 Å². The molecular weight excluding hydrogens is 252 g/mol. The van der Waals surface area contributed by atoms with E-state index in [1.165, 1.54) is 0 Å². The molecule has 1 amide bonds. The van der Waals surface area contributed by atoms with Gasteiger partial charge in [0.25, 0.3) is 0 Å². The number of carbonyl (C=O) groups is 1. The van der Waals surface area contributed by atoms with E-state index in [0.717, 1.165) is 30.5 Å². The molecule has 20 heavy (non-hydrogen) atoms. The molecule has 0 radical (unpaired) electrons. The number of aromatic nitrogens is 2. The summed E-state index contributed by atoms with van der Waals surface area (Å²) in [5.74, 6) is 0.701. The second kappa shape index (κ2) is 5.63. The Labute approximate surface area is 118 Å². The molecule has 2 N–H and O–H groups in total. The third-order valence-electron chi connectivity index (χ3n) is 4.07. The fourth-order valence-corrected chi connectivity index (χ4v) is 2.81. The second-order valence-corrected chi connectivity index (χ2v) is 5.41. The standard InChI is InChI=1S/C15H20N4O/c16-9-12-5-7-18(10-12)15(20)6-8-19-11-17-13-3-1-2-4-14(13)19/h1-4,11-12H,5-10,16H2/t12-/m1/s1. The summed E-state index contributed by atoms with van der Waals surface area (Å²) in [6, 6.07) is 7.99. The van der Waals surface area contributed by atoms with Gasteiger partial charge in [-0.25, -0.2) is 4.98 Å². The highest BCUT2D eigenvalue weighted by Gasteiger charge is 2.24. The molecule has 0 unspecified atom stereocenters. The molecular formula is C15H20N4O. The van der Waals surface area contributed by atoms with E-state index >= 15 is 0 Å². The molecule has 0 spiro atoms. The number of aryl methyl sites for hydroxylation is 1. The van der Waals surface area contributed by atoms with Gasteiger partial charge < -0.3 is 15.2 Å². The minimum Gasteiger partial charge on any atom is -0.342 e. The fourth-order valence-electron chi connectivity index (χ4n) is 2.81. The van der Waals surface area contributed by atoms with Crippen molar-refractivity contribution in [3.63, 3.8) is 0 Å². The van der Waals surface area contributed by atoms with Crippen LogP contribution in [0.1, 0.15) is 12.8 Å². The first kappa shape index (κ1) is 13.1. The Balaban J connectivity index is 1.61. The lowest BCUT2D eigenvalue weighted by Crippen LogP contribution is -2.30. The number of para-hydroxylation sites is 2. The van der Waals surface area contributed by atoms with E-state index in [-0.39, 0.29) is 5.91 Å². The SMILES string of the molecule is NC[C@H]1CCN(C(=O)CCn2cnc3ccccc32)C1. The number of likely N-dealkylation sites (tertiary alicyclic amines) is 1. The molecule has 5 nitrogen and oxygen atoms in total. The topological polar surface area (TPSA) is 64.2 Å². The summed E-state index contributed by atoms with van der Waals surface area (Å²) < 4.78 is 2.05. The van der Waals surface area contributed by atoms with Crippen molar-refractivity contribution in [1.82, 2.24) is 14.5 Å². The van der Waals surface area contributed by atoms with Gasteiger partial charge in [0.2, 0.25) is 5.91 Å². The summed E-state index contributed by atoms with van der Waals surface area (Å²) in [7, 11) is 0. The molecule has 1 aromatic carbocycles. The number of benzene rings is 1. The van der Waals surface area contributed by atoms with E-state index in [1.54, 1.807) is 0 Å². The monoisotopic (exact) mass is 272 g/mol. The van der Waals surface area contributed by atoms with Crippen molar-refractivity contribution in [1.29, 1.82) is 0 Å². The zero-order valence-electron chi connectivity index (χ0n) is 11.5. The Kier molecular flexibility index (Phi) is 3.69. The van der Waals surface area contributed by atoms with Gasteiger partial charge in [0.1, 0.15) is 0 Å². The number of amides is 1. The first-order chi connectivity index (χ1) is 9.78. The molecule has 0 aliphatic carbocycles. The lowest BCUT2D eigenvalue weighted by molar-refractivity contribution is -0.130. The van der Waals surface area contributed by atoms with Crippen LogP contribution >= 0.6 is 0 Å². The molecule has 1 aliphatic rings. The first-order valence-electron chi connectivity index (χ1n) is 7.15. The molecule has 0 saturated carbocycles. The van der Waals surface area contributed by atoms with E-state index in [0.29, 0.717) is 25.4 Å². The number of nitrogens with two attached hydrogens (primary N) is 1. The van der Waals surface area contributed by atoms with E-state index in [9.17, 15) is 4.79 Å². The van der Waals surface area contributed by atoms with Gasteiger partial charge in [-0.15, -0.1) is 0 Å². The molecule has 1 atom stereocenters. The summed E-state index contributed by atoms with van der Waals surface area (Å²) in [6.45, 7) is 3.03. The Hall–Kier alpha value is -1.88. The fraction of sp³-hybridized carbons (Fsp3) is 0.467. The molecule has 1 saturated heterocycles. The van der Waals surface area contributed by atoms with Crippen molar-refractivity contribution in [3.8, 4) is 0 Å². The van der Waals surface area contributed by atoms with Crippen molar-refractivity contribution in [2.75, 3.05) is 19.6 Å². The van der Waals surface area contributed by atoms with Crippen LogP contribution in [-0.2, 0) is 11.3 Å². The number of hydrogen-bond donors (Lipinski definition) is 1. The van der Waals surface area contributed by atoms with Crippen LogP contribution in [0.2, 0.25) is 0 Å². The van der Waals surface area contributed by atoms with Gasteiger partial charge in [0.05, 0.1) is 17.4 Å². The average Bonchev–Trinajstić information content (AvgIpc) is 3.11. The van der Waals surface area contributed by atoms with Gasteiger partial charge >= 0.3 is 0 Å². The molecule has 1 fully saturated rings. The van der Waals surface area contributed by atoms with Crippen molar-refractivity contribution < 1.29 is 4.79 Å². The van der Waals surface area contributed by atoms with Crippen LogP contribution in [0.25, 0.3) is 11.0 Å². The van der Waals surface area contributed by atoms with E-state index in [1.807, 2.05) is 40.1 Å². The minimum atomic E-state index is 0.221. The van der Waals surface area contributed by atoms with E-state index < -0.39 is 0 Å². The predicted octanol–water partition coefficient (Wildman–Crippen LogP) is 1.23. The summed E-state index contributed by atoms with van der Waals surface area (Å²) in [5.41, 5.74) is 7.72. The number of fused-ring (bicyclic) bond motifs is 1. The summed E-state index contributed by atoms with van der Waals surface area (Å²) >= 11 is 0. The maximum atomic E-state index is 12.2. The van der Waals surface area contributed by atoms with Crippen LogP contribution in [0.4, 0.5) is 0 Å². The highest BCUT2D eigenvalue weighted by atomic mass is 16.2. The van der Waals surface area contributed by atoms with Crippen LogP contribution in [0.3, 0.4) is 0 Å². The van der Waals surface area contributed by atoms with Crippen LogP contribution < -0.4 is 5.73 Å². The largest absolute Gasteiger partial charge is 0.342 e.